The highest BCUT2D eigenvalue weighted by Gasteiger charge is 2.31. The monoisotopic (exact) mass is 394 g/mol. The first-order chi connectivity index (χ1) is 13.6. The van der Waals surface area contributed by atoms with E-state index in [1.807, 2.05) is 0 Å². The van der Waals surface area contributed by atoms with Gasteiger partial charge < -0.3 is 9.47 Å². The molecule has 0 radical (unpaired) electrons. The van der Waals surface area contributed by atoms with Crippen molar-refractivity contribution in [2.24, 2.45) is 23.7 Å². The Morgan fingerprint density at radius 2 is 1.25 bits per heavy atom. The fourth-order valence-electron chi connectivity index (χ4n) is 5.28. The van der Waals surface area contributed by atoms with Gasteiger partial charge in [0.05, 0.1) is 13.2 Å². The van der Waals surface area contributed by atoms with Gasteiger partial charge in [-0.15, -0.1) is 0 Å². The molecule has 2 aliphatic rings. The molecule has 3 rings (SSSR count). The van der Waals surface area contributed by atoms with Crippen LogP contribution in [0, 0.1) is 35.3 Å². The summed E-state index contributed by atoms with van der Waals surface area (Å²) in [4.78, 5) is 0. The van der Waals surface area contributed by atoms with E-state index in [9.17, 15) is 8.78 Å². The molecule has 2 nitrogen and oxygen atoms in total. The molecule has 4 heteroatoms. The van der Waals surface area contributed by atoms with Gasteiger partial charge in [-0.2, -0.15) is 8.78 Å². The number of halogens is 2. The average molecular weight is 395 g/mol. The normalized spacial score (nSPS) is 28.1. The Hall–Kier alpha value is -1.32. The molecule has 0 spiro atoms. The molecule has 2 fully saturated rings. The van der Waals surface area contributed by atoms with Crippen LogP contribution in [0.4, 0.5) is 8.78 Å². The molecule has 0 aliphatic heterocycles. The molecule has 0 aromatic heterocycles. The molecule has 0 atom stereocenters. The van der Waals surface area contributed by atoms with Gasteiger partial charge in [-0.25, -0.2) is 0 Å². The molecule has 0 saturated heterocycles. The summed E-state index contributed by atoms with van der Waals surface area (Å²) in [6, 6.07) is 2.92. The first kappa shape index (κ1) is 21.4. The van der Waals surface area contributed by atoms with E-state index in [0.717, 1.165) is 30.6 Å². The van der Waals surface area contributed by atoms with Crippen LogP contribution in [0.5, 0.6) is 11.5 Å². The Kier molecular flexibility index (Phi) is 7.99. The second-order valence-corrected chi connectivity index (χ2v) is 8.78. The number of benzene rings is 1. The van der Waals surface area contributed by atoms with Crippen molar-refractivity contribution in [1.82, 2.24) is 0 Å². The maximum atomic E-state index is 14.2. The summed E-state index contributed by atoms with van der Waals surface area (Å²) < 4.78 is 38.8. The second-order valence-electron chi connectivity index (χ2n) is 8.78. The average Bonchev–Trinajstić information content (AvgIpc) is 2.72. The van der Waals surface area contributed by atoms with Crippen LogP contribution < -0.4 is 9.47 Å². The molecule has 158 valence electrons. The first-order valence-electron chi connectivity index (χ1n) is 11.4. The molecule has 2 aliphatic carbocycles. The van der Waals surface area contributed by atoms with Gasteiger partial charge in [-0.1, -0.05) is 32.6 Å². The third kappa shape index (κ3) is 5.39. The molecule has 0 amide bonds. The van der Waals surface area contributed by atoms with Crippen LogP contribution in [-0.2, 0) is 0 Å². The molecular formula is C24H36F2O2. The zero-order chi connectivity index (χ0) is 19.9. The maximum absolute atomic E-state index is 14.2. The zero-order valence-electron chi connectivity index (χ0n) is 17.5. The third-order valence-corrected chi connectivity index (χ3v) is 6.93. The van der Waals surface area contributed by atoms with Crippen LogP contribution in [0.3, 0.4) is 0 Å². The summed E-state index contributed by atoms with van der Waals surface area (Å²) in [5.74, 6) is 1.23. The lowest BCUT2D eigenvalue weighted by molar-refractivity contribution is 0.120. The van der Waals surface area contributed by atoms with Crippen molar-refractivity contribution in [3.8, 4) is 11.5 Å². The van der Waals surface area contributed by atoms with E-state index in [-0.39, 0.29) is 11.5 Å². The van der Waals surface area contributed by atoms with Crippen molar-refractivity contribution in [3.05, 3.63) is 23.8 Å². The highest BCUT2D eigenvalue weighted by molar-refractivity contribution is 5.35. The smallest absolute Gasteiger partial charge is 0.204 e. The van der Waals surface area contributed by atoms with Gasteiger partial charge in [0.15, 0.2) is 11.5 Å². The predicted octanol–water partition coefficient (Wildman–Crippen LogP) is 7.16. The quantitative estimate of drug-likeness (QED) is 0.466. The second kappa shape index (κ2) is 10.5. The Morgan fingerprint density at radius 1 is 0.750 bits per heavy atom. The molecule has 0 bridgehead atoms. The number of rotatable bonds is 8. The van der Waals surface area contributed by atoms with E-state index in [2.05, 4.69) is 6.92 Å². The van der Waals surface area contributed by atoms with Gasteiger partial charge >= 0.3 is 0 Å². The highest BCUT2D eigenvalue weighted by atomic mass is 19.2. The van der Waals surface area contributed by atoms with Crippen molar-refractivity contribution in [2.45, 2.75) is 78.1 Å². The molecule has 2 saturated carbocycles. The standard InChI is InChI=1S/C24H36F2O2/c1-3-5-17-6-10-19(11-7-17)20-12-8-18(9-13-20)16-28-22-15-14-21(27-4-2)23(25)24(22)26/h14-15,17-20H,3-13,16H2,1-2H3. The number of hydrogen-bond donors (Lipinski definition) is 0. The van der Waals surface area contributed by atoms with Crippen LogP contribution in [-0.4, -0.2) is 13.2 Å². The van der Waals surface area contributed by atoms with Gasteiger partial charge in [-0.05, 0) is 81.3 Å². The van der Waals surface area contributed by atoms with Gasteiger partial charge in [0.25, 0.3) is 0 Å². The fraction of sp³-hybridized carbons (Fsp3) is 0.750. The number of ether oxygens (including phenoxy) is 2. The largest absolute Gasteiger partial charge is 0.491 e. The molecule has 0 heterocycles. The summed E-state index contributed by atoms with van der Waals surface area (Å²) in [5.41, 5.74) is 0. The minimum absolute atomic E-state index is 0.00248. The van der Waals surface area contributed by atoms with E-state index >= 15 is 0 Å². The van der Waals surface area contributed by atoms with Crippen LogP contribution in [0.15, 0.2) is 12.1 Å². The van der Waals surface area contributed by atoms with Crippen molar-refractivity contribution < 1.29 is 18.3 Å². The van der Waals surface area contributed by atoms with Gasteiger partial charge in [0.2, 0.25) is 11.6 Å². The van der Waals surface area contributed by atoms with E-state index in [1.54, 1.807) is 6.92 Å². The summed E-state index contributed by atoms with van der Waals surface area (Å²) in [5, 5.41) is 0. The topological polar surface area (TPSA) is 18.5 Å². The molecule has 1 aromatic rings. The van der Waals surface area contributed by atoms with Gasteiger partial charge in [0, 0.05) is 0 Å². The summed E-state index contributed by atoms with van der Waals surface area (Å²) in [7, 11) is 0. The molecule has 0 unspecified atom stereocenters. The van der Waals surface area contributed by atoms with E-state index < -0.39 is 11.6 Å². The minimum Gasteiger partial charge on any atom is -0.491 e. The van der Waals surface area contributed by atoms with Gasteiger partial charge in [0.1, 0.15) is 0 Å². The highest BCUT2D eigenvalue weighted by Crippen LogP contribution is 2.42. The molecular weight excluding hydrogens is 358 g/mol. The Morgan fingerprint density at radius 3 is 1.75 bits per heavy atom. The van der Waals surface area contributed by atoms with Crippen LogP contribution in [0.2, 0.25) is 0 Å². The van der Waals surface area contributed by atoms with E-state index in [0.29, 0.717) is 19.1 Å². The number of hydrogen-bond acceptors (Lipinski definition) is 2. The van der Waals surface area contributed by atoms with Crippen LogP contribution in [0.1, 0.15) is 78.1 Å². The predicted molar refractivity (Wildman–Crippen MR) is 109 cm³/mol. The molecule has 28 heavy (non-hydrogen) atoms. The lowest BCUT2D eigenvalue weighted by Crippen LogP contribution is -2.27. The SMILES string of the molecule is CCCC1CCC(C2CCC(COc3ccc(OCC)c(F)c3F)CC2)CC1. The lowest BCUT2D eigenvalue weighted by Gasteiger charge is -2.37. The summed E-state index contributed by atoms with van der Waals surface area (Å²) >= 11 is 0. The Balaban J connectivity index is 1.42. The van der Waals surface area contributed by atoms with Crippen LogP contribution in [0.25, 0.3) is 0 Å². The van der Waals surface area contributed by atoms with E-state index in [1.165, 1.54) is 63.5 Å². The Labute approximate surface area is 169 Å². The molecule has 0 N–H and O–H groups in total. The summed E-state index contributed by atoms with van der Waals surface area (Å²) in [6.07, 6.45) is 13.2. The van der Waals surface area contributed by atoms with E-state index in [4.69, 9.17) is 9.47 Å². The summed E-state index contributed by atoms with van der Waals surface area (Å²) in [6.45, 7) is 4.82. The van der Waals surface area contributed by atoms with Crippen molar-refractivity contribution >= 4 is 0 Å². The maximum Gasteiger partial charge on any atom is 0.204 e. The van der Waals surface area contributed by atoms with Gasteiger partial charge in [-0.3, -0.25) is 0 Å². The minimum atomic E-state index is -0.957. The fourth-order valence-corrected chi connectivity index (χ4v) is 5.28. The van der Waals surface area contributed by atoms with Crippen LogP contribution >= 0.6 is 0 Å². The van der Waals surface area contributed by atoms with Crippen molar-refractivity contribution in [1.29, 1.82) is 0 Å². The third-order valence-electron chi connectivity index (χ3n) is 6.93. The lowest BCUT2D eigenvalue weighted by atomic mass is 9.69. The molecule has 1 aromatic carbocycles. The van der Waals surface area contributed by atoms with Crippen molar-refractivity contribution in [3.63, 3.8) is 0 Å². The Bertz CT molecular complexity index is 603. The first-order valence-corrected chi connectivity index (χ1v) is 11.4. The zero-order valence-corrected chi connectivity index (χ0v) is 17.5. The van der Waals surface area contributed by atoms with Crippen molar-refractivity contribution in [2.75, 3.05) is 13.2 Å².